The normalized spacial score (nSPS) is 10.6. The van der Waals surface area contributed by atoms with Crippen LogP contribution in [0.15, 0.2) is 77.2 Å². The predicted octanol–water partition coefficient (Wildman–Crippen LogP) is 6.01. The van der Waals surface area contributed by atoms with Crippen LogP contribution in [0.1, 0.15) is 5.56 Å². The molecule has 0 fully saturated rings. The Bertz CT molecular complexity index is 1160. The minimum Gasteiger partial charge on any atom is -0.416 e. The summed E-state index contributed by atoms with van der Waals surface area (Å²) in [5.74, 6) is 0.812. The topological polar surface area (TPSA) is 80.0 Å². The summed E-state index contributed by atoms with van der Waals surface area (Å²) >= 11 is 6.10. The zero-order valence-electron chi connectivity index (χ0n) is 15.5. The van der Waals surface area contributed by atoms with Crippen molar-refractivity contribution < 1.29 is 9.21 Å². The van der Waals surface area contributed by atoms with E-state index in [0.717, 1.165) is 11.1 Å². The van der Waals surface area contributed by atoms with Crippen molar-refractivity contribution in [3.63, 3.8) is 0 Å². The lowest BCUT2D eigenvalue weighted by Gasteiger charge is -2.11. The van der Waals surface area contributed by atoms with Crippen molar-refractivity contribution in [3.05, 3.63) is 83.4 Å². The molecule has 6 nitrogen and oxygen atoms in total. The molecular weight excluding hydrogens is 388 g/mol. The van der Waals surface area contributed by atoms with Crippen molar-refractivity contribution >= 4 is 29.0 Å². The summed E-state index contributed by atoms with van der Waals surface area (Å²) in [7, 11) is 0. The number of carbonyl (C=O) groups excluding carboxylic acids is 1. The first-order valence-electron chi connectivity index (χ1n) is 8.92. The van der Waals surface area contributed by atoms with Gasteiger partial charge in [0.15, 0.2) is 0 Å². The average Bonchev–Trinajstić information content (AvgIpc) is 3.23. The maximum absolute atomic E-state index is 12.4. The average molecular weight is 405 g/mol. The van der Waals surface area contributed by atoms with Crippen molar-refractivity contribution in [2.24, 2.45) is 0 Å². The number of nitrogens with one attached hydrogen (secondary N) is 2. The molecule has 0 spiro atoms. The Labute approximate surface area is 172 Å². The molecule has 0 radical (unpaired) electrons. The van der Waals surface area contributed by atoms with Crippen LogP contribution in [0.3, 0.4) is 0 Å². The second-order valence-corrected chi connectivity index (χ2v) is 6.76. The first-order valence-corrected chi connectivity index (χ1v) is 9.30. The van der Waals surface area contributed by atoms with Crippen LogP contribution in [0, 0.1) is 6.92 Å². The van der Waals surface area contributed by atoms with E-state index < -0.39 is 0 Å². The van der Waals surface area contributed by atoms with E-state index in [1.807, 2.05) is 49.4 Å². The number of urea groups is 1. The van der Waals surface area contributed by atoms with Crippen molar-refractivity contribution in [1.82, 2.24) is 10.2 Å². The second kappa shape index (κ2) is 8.16. The first-order chi connectivity index (χ1) is 14.1. The van der Waals surface area contributed by atoms with Crippen molar-refractivity contribution in [1.29, 1.82) is 0 Å². The highest BCUT2D eigenvalue weighted by molar-refractivity contribution is 6.31. The Morgan fingerprint density at radius 3 is 2.34 bits per heavy atom. The molecule has 0 unspecified atom stereocenters. The SMILES string of the molecule is Cc1c(Cl)cccc1NC(=O)Nc1cccc(-c2nnc(-c3ccccc3)o2)c1. The lowest BCUT2D eigenvalue weighted by atomic mass is 10.2. The smallest absolute Gasteiger partial charge is 0.323 e. The number of rotatable bonds is 4. The second-order valence-electron chi connectivity index (χ2n) is 6.35. The highest BCUT2D eigenvalue weighted by Gasteiger charge is 2.12. The van der Waals surface area contributed by atoms with Gasteiger partial charge in [0.25, 0.3) is 0 Å². The fourth-order valence-electron chi connectivity index (χ4n) is 2.79. The number of hydrogen-bond acceptors (Lipinski definition) is 4. The molecule has 0 saturated carbocycles. The van der Waals surface area contributed by atoms with E-state index in [0.29, 0.717) is 33.7 Å². The Hall–Kier alpha value is -3.64. The van der Waals surface area contributed by atoms with Gasteiger partial charge < -0.3 is 15.1 Å². The van der Waals surface area contributed by atoms with Gasteiger partial charge in [-0.25, -0.2) is 4.79 Å². The highest BCUT2D eigenvalue weighted by Crippen LogP contribution is 2.26. The minimum absolute atomic E-state index is 0.372. The Kier molecular flexibility index (Phi) is 5.27. The molecule has 7 heteroatoms. The molecule has 1 aromatic heterocycles. The van der Waals surface area contributed by atoms with Crippen LogP contribution in [0.2, 0.25) is 5.02 Å². The zero-order valence-corrected chi connectivity index (χ0v) is 16.3. The molecule has 1 heterocycles. The maximum atomic E-state index is 12.4. The number of benzene rings is 3. The lowest BCUT2D eigenvalue weighted by Crippen LogP contribution is -2.20. The number of anilines is 2. The van der Waals surface area contributed by atoms with E-state index >= 15 is 0 Å². The van der Waals surface area contributed by atoms with Crippen LogP contribution in [0.4, 0.5) is 16.2 Å². The summed E-state index contributed by atoms with van der Waals surface area (Å²) in [4.78, 5) is 12.4. The zero-order chi connectivity index (χ0) is 20.2. The van der Waals surface area contributed by atoms with Gasteiger partial charge in [0.1, 0.15) is 0 Å². The summed E-state index contributed by atoms with van der Waals surface area (Å²) in [5, 5.41) is 14.4. The third kappa shape index (κ3) is 4.28. The molecular formula is C22H17ClN4O2. The predicted molar refractivity (Wildman–Crippen MR) is 114 cm³/mol. The molecule has 4 aromatic rings. The lowest BCUT2D eigenvalue weighted by molar-refractivity contribution is 0.262. The summed E-state index contributed by atoms with van der Waals surface area (Å²) in [6.07, 6.45) is 0. The number of hydrogen-bond donors (Lipinski definition) is 2. The molecule has 4 rings (SSSR count). The van der Waals surface area contributed by atoms with Crippen LogP contribution >= 0.6 is 11.6 Å². The van der Waals surface area contributed by atoms with Crippen LogP contribution in [-0.4, -0.2) is 16.2 Å². The first kappa shape index (κ1) is 18.7. The van der Waals surface area contributed by atoms with Gasteiger partial charge in [-0.15, -0.1) is 10.2 Å². The minimum atomic E-state index is -0.372. The van der Waals surface area contributed by atoms with Gasteiger partial charge in [-0.2, -0.15) is 0 Å². The van der Waals surface area contributed by atoms with Gasteiger partial charge in [0, 0.05) is 27.5 Å². The largest absolute Gasteiger partial charge is 0.416 e. The van der Waals surface area contributed by atoms with Crippen LogP contribution in [-0.2, 0) is 0 Å². The quantitative estimate of drug-likeness (QED) is 0.436. The number of aromatic nitrogens is 2. The fourth-order valence-corrected chi connectivity index (χ4v) is 2.97. The number of halogens is 1. The van der Waals surface area contributed by atoms with Gasteiger partial charge in [-0.1, -0.05) is 41.9 Å². The van der Waals surface area contributed by atoms with E-state index in [9.17, 15) is 4.79 Å². The van der Waals surface area contributed by atoms with E-state index in [4.69, 9.17) is 16.0 Å². The Balaban J connectivity index is 1.50. The molecule has 0 bridgehead atoms. The molecule has 3 aromatic carbocycles. The van der Waals surface area contributed by atoms with Gasteiger partial charge in [0.2, 0.25) is 11.8 Å². The fraction of sp³-hybridized carbons (Fsp3) is 0.0455. The summed E-state index contributed by atoms with van der Waals surface area (Å²) < 4.78 is 5.78. The summed E-state index contributed by atoms with van der Waals surface area (Å²) in [5.41, 5.74) is 3.60. The van der Waals surface area contributed by atoms with E-state index in [1.165, 1.54) is 0 Å². The standard InChI is InChI=1S/C22H17ClN4O2/c1-14-18(23)11-6-12-19(14)25-22(28)24-17-10-5-9-16(13-17)21-27-26-20(29-21)15-7-3-2-4-8-15/h2-13H,1H3,(H2,24,25,28). The molecule has 0 aliphatic carbocycles. The van der Waals surface area contributed by atoms with Gasteiger partial charge in [0.05, 0.1) is 0 Å². The maximum Gasteiger partial charge on any atom is 0.323 e. The molecule has 0 aliphatic rings. The molecule has 2 N–H and O–H groups in total. The summed E-state index contributed by atoms with van der Waals surface area (Å²) in [6.45, 7) is 1.85. The molecule has 29 heavy (non-hydrogen) atoms. The van der Waals surface area contributed by atoms with E-state index in [2.05, 4.69) is 20.8 Å². The van der Waals surface area contributed by atoms with Crippen molar-refractivity contribution in [2.75, 3.05) is 10.6 Å². The van der Waals surface area contributed by atoms with Crippen molar-refractivity contribution in [3.8, 4) is 22.9 Å². The number of carbonyl (C=O) groups is 1. The molecule has 0 atom stereocenters. The Morgan fingerprint density at radius 2 is 1.55 bits per heavy atom. The van der Waals surface area contributed by atoms with Crippen molar-refractivity contribution in [2.45, 2.75) is 6.92 Å². The molecule has 2 amide bonds. The highest BCUT2D eigenvalue weighted by atomic mass is 35.5. The third-order valence-electron chi connectivity index (χ3n) is 4.33. The number of nitrogens with zero attached hydrogens (tertiary/aromatic N) is 2. The third-order valence-corrected chi connectivity index (χ3v) is 4.74. The Morgan fingerprint density at radius 1 is 0.862 bits per heavy atom. The molecule has 0 saturated heterocycles. The molecule has 0 aliphatic heterocycles. The van der Waals surface area contributed by atoms with Crippen LogP contribution < -0.4 is 10.6 Å². The van der Waals surface area contributed by atoms with E-state index in [1.54, 1.807) is 30.3 Å². The van der Waals surface area contributed by atoms with E-state index in [-0.39, 0.29) is 6.03 Å². The number of amides is 2. The van der Waals surface area contributed by atoms with Crippen LogP contribution in [0.25, 0.3) is 22.9 Å². The summed E-state index contributed by atoms with van der Waals surface area (Å²) in [6, 6.07) is 21.7. The van der Waals surface area contributed by atoms with Gasteiger partial charge in [-0.05, 0) is 55.0 Å². The van der Waals surface area contributed by atoms with Gasteiger partial charge >= 0.3 is 6.03 Å². The molecule has 144 valence electrons. The van der Waals surface area contributed by atoms with Gasteiger partial charge in [-0.3, -0.25) is 0 Å². The van der Waals surface area contributed by atoms with Crippen LogP contribution in [0.5, 0.6) is 0 Å². The monoisotopic (exact) mass is 404 g/mol.